The van der Waals surface area contributed by atoms with Gasteiger partial charge < -0.3 is 14.7 Å². The van der Waals surface area contributed by atoms with E-state index < -0.39 is 0 Å². The van der Waals surface area contributed by atoms with E-state index in [1.165, 1.54) is 0 Å². The number of furan rings is 1. The highest BCUT2D eigenvalue weighted by molar-refractivity contribution is 5.26. The fourth-order valence-electron chi connectivity index (χ4n) is 1.99. The highest BCUT2D eigenvalue weighted by Crippen LogP contribution is 2.25. The maximum Gasteiger partial charge on any atom is 0.128 e. The maximum atomic E-state index is 9.05. The van der Waals surface area contributed by atoms with Gasteiger partial charge in [0.25, 0.3) is 0 Å². The van der Waals surface area contributed by atoms with E-state index in [0.29, 0.717) is 5.69 Å². The molecule has 2 rings (SSSR count). The lowest BCUT2D eigenvalue weighted by Gasteiger charge is -2.21. The van der Waals surface area contributed by atoms with Crippen LogP contribution in [0.3, 0.4) is 0 Å². The molecular formula is C13H15N3O. The average molecular weight is 229 g/mol. The second kappa shape index (κ2) is 4.48. The van der Waals surface area contributed by atoms with Gasteiger partial charge in [-0.2, -0.15) is 5.26 Å². The zero-order valence-corrected chi connectivity index (χ0v) is 9.92. The molecule has 0 saturated carbocycles. The Bertz CT molecular complexity index is 545. The van der Waals surface area contributed by atoms with Gasteiger partial charge in [-0.3, -0.25) is 0 Å². The van der Waals surface area contributed by atoms with Crippen molar-refractivity contribution in [2.75, 3.05) is 0 Å². The lowest BCUT2D eigenvalue weighted by Crippen LogP contribution is -2.30. The average Bonchev–Trinajstić information content (AvgIpc) is 2.88. The van der Waals surface area contributed by atoms with Gasteiger partial charge in [0.1, 0.15) is 29.3 Å². The molecular weight excluding hydrogens is 214 g/mol. The summed E-state index contributed by atoms with van der Waals surface area (Å²) in [5.41, 5.74) is 6.59. The van der Waals surface area contributed by atoms with Crippen molar-refractivity contribution in [1.82, 2.24) is 4.57 Å². The summed E-state index contributed by atoms with van der Waals surface area (Å²) < 4.78 is 7.47. The molecule has 0 radical (unpaired) electrons. The number of aryl methyl sites for hydroxylation is 1. The van der Waals surface area contributed by atoms with Gasteiger partial charge in [0.2, 0.25) is 0 Å². The van der Waals surface area contributed by atoms with Crippen molar-refractivity contribution in [3.8, 4) is 6.07 Å². The van der Waals surface area contributed by atoms with Crippen LogP contribution in [0.1, 0.15) is 30.2 Å². The molecule has 0 aliphatic rings. The van der Waals surface area contributed by atoms with Crippen molar-refractivity contribution in [2.45, 2.75) is 25.9 Å². The van der Waals surface area contributed by atoms with Crippen LogP contribution in [0.4, 0.5) is 0 Å². The molecule has 2 aromatic rings. The Morgan fingerprint density at radius 1 is 1.41 bits per heavy atom. The summed E-state index contributed by atoms with van der Waals surface area (Å²) in [5, 5.41) is 9.05. The fraction of sp³-hybridized carbons (Fsp3) is 0.308. The van der Waals surface area contributed by atoms with Crippen molar-refractivity contribution in [2.24, 2.45) is 5.73 Å². The quantitative estimate of drug-likeness (QED) is 0.877. The molecule has 0 spiro atoms. The lowest BCUT2D eigenvalue weighted by atomic mass is 10.1. The summed E-state index contributed by atoms with van der Waals surface area (Å²) in [6.07, 6.45) is 1.85. The predicted octanol–water partition coefficient (Wildman–Crippen LogP) is 2.20. The molecule has 0 amide bonds. The second-order valence-electron chi connectivity index (χ2n) is 4.16. The predicted molar refractivity (Wildman–Crippen MR) is 64.4 cm³/mol. The summed E-state index contributed by atoms with van der Waals surface area (Å²) in [6.45, 7) is 3.80. The molecule has 2 atom stereocenters. The van der Waals surface area contributed by atoms with Crippen molar-refractivity contribution >= 4 is 0 Å². The smallest absolute Gasteiger partial charge is 0.128 e. The van der Waals surface area contributed by atoms with E-state index in [0.717, 1.165) is 11.5 Å². The standard InChI is InChI=1S/C13H15N3O/c1-9-5-6-12(17-9)13(10(2)15)16-7-3-4-11(16)8-14/h3-7,10,13H,15H2,1-2H3. The number of rotatable bonds is 3. The normalized spacial score (nSPS) is 14.2. The van der Waals surface area contributed by atoms with Crippen molar-refractivity contribution in [3.05, 3.63) is 47.7 Å². The van der Waals surface area contributed by atoms with Crippen LogP contribution >= 0.6 is 0 Å². The van der Waals surface area contributed by atoms with E-state index in [1.54, 1.807) is 6.07 Å². The first-order valence-electron chi connectivity index (χ1n) is 5.52. The monoisotopic (exact) mass is 229 g/mol. The Kier molecular flexibility index (Phi) is 3.03. The Morgan fingerprint density at radius 2 is 2.18 bits per heavy atom. The Balaban J connectivity index is 2.47. The number of nitriles is 1. The van der Waals surface area contributed by atoms with Gasteiger partial charge in [-0.25, -0.2) is 0 Å². The minimum Gasteiger partial charge on any atom is -0.464 e. The van der Waals surface area contributed by atoms with E-state index in [9.17, 15) is 0 Å². The first-order valence-corrected chi connectivity index (χ1v) is 5.52. The lowest BCUT2D eigenvalue weighted by molar-refractivity contribution is 0.380. The Morgan fingerprint density at radius 3 is 2.71 bits per heavy atom. The molecule has 17 heavy (non-hydrogen) atoms. The molecule has 2 unspecified atom stereocenters. The van der Waals surface area contributed by atoms with Crippen molar-refractivity contribution in [3.63, 3.8) is 0 Å². The minimum absolute atomic E-state index is 0.139. The van der Waals surface area contributed by atoms with Gasteiger partial charge in [0.15, 0.2) is 0 Å². The SMILES string of the molecule is Cc1ccc(C(C(C)N)n2cccc2C#N)o1. The van der Waals surface area contributed by atoms with Gasteiger partial charge >= 0.3 is 0 Å². The second-order valence-corrected chi connectivity index (χ2v) is 4.16. The van der Waals surface area contributed by atoms with Crippen LogP contribution in [0.5, 0.6) is 0 Å². The minimum atomic E-state index is -0.145. The van der Waals surface area contributed by atoms with Gasteiger partial charge in [-0.15, -0.1) is 0 Å². The van der Waals surface area contributed by atoms with Crippen LogP contribution in [0, 0.1) is 18.3 Å². The topological polar surface area (TPSA) is 67.9 Å². The molecule has 0 aliphatic heterocycles. The van der Waals surface area contributed by atoms with E-state index in [2.05, 4.69) is 6.07 Å². The molecule has 88 valence electrons. The summed E-state index contributed by atoms with van der Waals surface area (Å²) >= 11 is 0. The zero-order chi connectivity index (χ0) is 12.4. The number of nitrogens with two attached hydrogens (primary N) is 1. The van der Waals surface area contributed by atoms with Crippen LogP contribution in [-0.4, -0.2) is 10.6 Å². The van der Waals surface area contributed by atoms with Crippen LogP contribution < -0.4 is 5.73 Å². The van der Waals surface area contributed by atoms with Gasteiger partial charge in [0.05, 0.1) is 0 Å². The maximum absolute atomic E-state index is 9.05. The molecule has 4 heteroatoms. The first-order chi connectivity index (χ1) is 8.13. The number of hydrogen-bond acceptors (Lipinski definition) is 3. The van der Waals surface area contributed by atoms with Crippen LogP contribution in [0.2, 0.25) is 0 Å². The molecule has 2 N–H and O–H groups in total. The molecule has 0 aliphatic carbocycles. The molecule has 0 bridgehead atoms. The number of hydrogen-bond donors (Lipinski definition) is 1. The van der Waals surface area contributed by atoms with Crippen molar-refractivity contribution in [1.29, 1.82) is 5.26 Å². The van der Waals surface area contributed by atoms with E-state index in [-0.39, 0.29) is 12.1 Å². The third-order valence-corrected chi connectivity index (χ3v) is 2.74. The molecule has 2 aromatic heterocycles. The van der Waals surface area contributed by atoms with Crippen molar-refractivity contribution < 1.29 is 4.42 Å². The van der Waals surface area contributed by atoms with Crippen LogP contribution in [0.15, 0.2) is 34.9 Å². The third kappa shape index (κ3) is 2.10. The molecule has 2 heterocycles. The molecule has 4 nitrogen and oxygen atoms in total. The van der Waals surface area contributed by atoms with Gasteiger partial charge in [-0.1, -0.05) is 0 Å². The summed E-state index contributed by atoms with van der Waals surface area (Å²) in [5.74, 6) is 1.63. The number of aromatic nitrogens is 1. The summed E-state index contributed by atoms with van der Waals surface area (Å²) in [6, 6.07) is 9.29. The van der Waals surface area contributed by atoms with E-state index in [4.69, 9.17) is 15.4 Å². The highest BCUT2D eigenvalue weighted by Gasteiger charge is 2.22. The van der Waals surface area contributed by atoms with Crippen LogP contribution in [0.25, 0.3) is 0 Å². The zero-order valence-electron chi connectivity index (χ0n) is 9.92. The summed E-state index contributed by atoms with van der Waals surface area (Å²) in [4.78, 5) is 0. The van der Waals surface area contributed by atoms with E-state index >= 15 is 0 Å². The Hall–Kier alpha value is -1.99. The third-order valence-electron chi connectivity index (χ3n) is 2.74. The largest absolute Gasteiger partial charge is 0.464 e. The van der Waals surface area contributed by atoms with Crippen LogP contribution in [-0.2, 0) is 0 Å². The summed E-state index contributed by atoms with van der Waals surface area (Å²) in [7, 11) is 0. The number of nitrogens with zero attached hydrogens (tertiary/aromatic N) is 2. The highest BCUT2D eigenvalue weighted by atomic mass is 16.3. The molecule has 0 fully saturated rings. The van der Waals surface area contributed by atoms with E-state index in [1.807, 2.05) is 42.8 Å². The molecule has 0 saturated heterocycles. The first kappa shape index (κ1) is 11.5. The Labute approximate surface area is 100 Å². The van der Waals surface area contributed by atoms with Gasteiger partial charge in [-0.05, 0) is 38.1 Å². The fourth-order valence-corrected chi connectivity index (χ4v) is 1.99. The van der Waals surface area contributed by atoms with Gasteiger partial charge in [0, 0.05) is 12.2 Å². The molecule has 0 aromatic carbocycles.